The van der Waals surface area contributed by atoms with Crippen LogP contribution < -0.4 is 5.73 Å². The molecule has 21 heavy (non-hydrogen) atoms. The van der Waals surface area contributed by atoms with Crippen LogP contribution in [0.5, 0.6) is 0 Å². The van der Waals surface area contributed by atoms with E-state index in [1.54, 1.807) is 4.68 Å². The Labute approximate surface area is 126 Å². The number of hydrogen-bond acceptors (Lipinski definition) is 4. The lowest BCUT2D eigenvalue weighted by Crippen LogP contribution is -2.01. The third-order valence-electron chi connectivity index (χ3n) is 3.07. The molecular formula is C16H12N4S. The lowest BCUT2D eigenvalue weighted by Gasteiger charge is -2.02. The average Bonchev–Trinajstić information content (AvgIpc) is 2.87. The van der Waals surface area contributed by atoms with Crippen LogP contribution in [0.4, 0.5) is 5.82 Å². The van der Waals surface area contributed by atoms with Crippen molar-refractivity contribution in [3.63, 3.8) is 0 Å². The van der Waals surface area contributed by atoms with Gasteiger partial charge in [-0.05, 0) is 23.9 Å². The van der Waals surface area contributed by atoms with Crippen LogP contribution in [-0.2, 0) is 0 Å². The molecule has 0 amide bonds. The first kappa shape index (κ1) is 13.3. The molecule has 3 aromatic rings. The number of anilines is 1. The van der Waals surface area contributed by atoms with Crippen LogP contribution in [0.3, 0.4) is 0 Å². The second-order valence-corrected chi connectivity index (χ2v) is 5.16. The molecule has 3 rings (SSSR count). The molecule has 0 fully saturated rings. The predicted molar refractivity (Wildman–Crippen MR) is 84.9 cm³/mol. The summed E-state index contributed by atoms with van der Waals surface area (Å²) in [4.78, 5) is 0.688. The fourth-order valence-electron chi connectivity index (χ4n) is 2.11. The molecule has 0 atom stereocenters. The molecule has 0 spiro atoms. The van der Waals surface area contributed by atoms with Crippen LogP contribution in [0.1, 0.15) is 0 Å². The first-order valence-corrected chi connectivity index (χ1v) is 7.18. The monoisotopic (exact) mass is 292 g/mol. The molecule has 102 valence electrons. The molecule has 0 radical (unpaired) electrons. The van der Waals surface area contributed by atoms with Crippen LogP contribution >= 0.6 is 11.8 Å². The van der Waals surface area contributed by atoms with E-state index in [-0.39, 0.29) is 0 Å². The van der Waals surface area contributed by atoms with Crippen LogP contribution in [-0.4, -0.2) is 9.78 Å². The molecule has 2 N–H and O–H groups in total. The van der Waals surface area contributed by atoms with Crippen molar-refractivity contribution in [1.29, 1.82) is 5.26 Å². The molecule has 1 heterocycles. The van der Waals surface area contributed by atoms with E-state index < -0.39 is 0 Å². The van der Waals surface area contributed by atoms with Crippen LogP contribution in [0.15, 0.2) is 65.6 Å². The van der Waals surface area contributed by atoms with Gasteiger partial charge in [-0.3, -0.25) is 0 Å². The highest BCUT2D eigenvalue weighted by atomic mass is 32.2. The summed E-state index contributed by atoms with van der Waals surface area (Å²) in [5.41, 5.74) is 8.73. The molecule has 2 aromatic carbocycles. The largest absolute Gasteiger partial charge is 0.383 e. The third kappa shape index (κ3) is 2.49. The van der Waals surface area contributed by atoms with Crippen molar-refractivity contribution >= 4 is 17.6 Å². The smallest absolute Gasteiger partial charge is 0.142 e. The Hall–Kier alpha value is -2.71. The molecule has 0 saturated carbocycles. The van der Waals surface area contributed by atoms with Gasteiger partial charge in [-0.15, -0.1) is 0 Å². The lowest BCUT2D eigenvalue weighted by atomic mass is 10.1. The Morgan fingerprint density at radius 2 is 1.62 bits per heavy atom. The molecule has 1 aromatic heterocycles. The summed E-state index contributed by atoms with van der Waals surface area (Å²) in [6.07, 6.45) is 0. The van der Waals surface area contributed by atoms with Crippen molar-refractivity contribution in [3.8, 4) is 22.3 Å². The fraction of sp³-hybridized carbons (Fsp3) is 0. The second kappa shape index (κ2) is 5.73. The second-order valence-electron chi connectivity index (χ2n) is 4.37. The number of thioether (sulfide) groups is 1. The summed E-state index contributed by atoms with van der Waals surface area (Å²) < 4.78 is 1.67. The molecule has 0 saturated heterocycles. The highest BCUT2D eigenvalue weighted by Crippen LogP contribution is 2.36. The molecule has 0 aliphatic carbocycles. The van der Waals surface area contributed by atoms with Gasteiger partial charge in [-0.25, -0.2) is 4.68 Å². The van der Waals surface area contributed by atoms with Crippen LogP contribution in [0, 0.1) is 10.7 Å². The molecule has 0 aliphatic rings. The third-order valence-corrected chi connectivity index (χ3v) is 3.77. The van der Waals surface area contributed by atoms with Gasteiger partial charge < -0.3 is 5.73 Å². The number of nitriles is 1. The standard InChI is InChI=1S/C16H12N4S/c17-11-21-15-14(12-7-3-1-4-8-12)19-20(16(15)18)13-9-5-2-6-10-13/h1-10H,18H2. The van der Waals surface area contributed by atoms with Crippen LogP contribution in [0.2, 0.25) is 0 Å². The number of nitrogens with two attached hydrogens (primary N) is 1. The Bertz CT molecular complexity index is 788. The summed E-state index contributed by atoms with van der Waals surface area (Å²) in [6, 6.07) is 19.4. The topological polar surface area (TPSA) is 67.6 Å². The van der Waals surface area contributed by atoms with E-state index in [1.165, 1.54) is 0 Å². The number of aromatic nitrogens is 2. The highest BCUT2D eigenvalue weighted by molar-refractivity contribution is 8.04. The lowest BCUT2D eigenvalue weighted by molar-refractivity contribution is 0.895. The van der Waals surface area contributed by atoms with E-state index in [0.29, 0.717) is 10.7 Å². The van der Waals surface area contributed by atoms with Crippen molar-refractivity contribution in [2.24, 2.45) is 0 Å². The minimum atomic E-state index is 0.478. The van der Waals surface area contributed by atoms with Crippen molar-refractivity contribution in [2.45, 2.75) is 4.90 Å². The molecule has 0 bridgehead atoms. The van der Waals surface area contributed by atoms with E-state index in [4.69, 9.17) is 11.0 Å². The number of hydrogen-bond donors (Lipinski definition) is 1. The minimum Gasteiger partial charge on any atom is -0.383 e. The van der Waals surface area contributed by atoms with Gasteiger partial charge in [-0.1, -0.05) is 48.5 Å². The number of para-hydroxylation sites is 1. The average molecular weight is 292 g/mol. The van der Waals surface area contributed by atoms with Gasteiger partial charge in [0.05, 0.1) is 10.6 Å². The van der Waals surface area contributed by atoms with Gasteiger partial charge in [0.25, 0.3) is 0 Å². The van der Waals surface area contributed by atoms with E-state index >= 15 is 0 Å². The predicted octanol–water partition coefficient (Wildman–Crippen LogP) is 3.69. The van der Waals surface area contributed by atoms with Gasteiger partial charge in [-0.2, -0.15) is 10.4 Å². The Kier molecular flexibility index (Phi) is 3.63. The summed E-state index contributed by atoms with van der Waals surface area (Å²) in [5.74, 6) is 0.478. The van der Waals surface area contributed by atoms with Crippen molar-refractivity contribution in [2.75, 3.05) is 5.73 Å². The van der Waals surface area contributed by atoms with Gasteiger partial charge in [0.15, 0.2) is 0 Å². The molecule has 0 aliphatic heterocycles. The van der Waals surface area contributed by atoms with Gasteiger partial charge in [0.1, 0.15) is 16.9 Å². The normalized spacial score (nSPS) is 10.2. The van der Waals surface area contributed by atoms with Gasteiger partial charge in [0.2, 0.25) is 0 Å². The maximum atomic E-state index is 9.02. The highest BCUT2D eigenvalue weighted by Gasteiger charge is 2.18. The molecular weight excluding hydrogens is 280 g/mol. The summed E-state index contributed by atoms with van der Waals surface area (Å²) >= 11 is 1.04. The summed E-state index contributed by atoms with van der Waals surface area (Å²) in [7, 11) is 0. The zero-order valence-electron chi connectivity index (χ0n) is 11.1. The zero-order chi connectivity index (χ0) is 14.7. The quantitative estimate of drug-likeness (QED) is 0.590. The van der Waals surface area contributed by atoms with E-state index in [0.717, 1.165) is 28.7 Å². The first-order valence-electron chi connectivity index (χ1n) is 6.36. The van der Waals surface area contributed by atoms with Crippen molar-refractivity contribution < 1.29 is 0 Å². The van der Waals surface area contributed by atoms with E-state index in [1.807, 2.05) is 60.7 Å². The maximum absolute atomic E-state index is 9.02. The number of thiocyanates is 1. The minimum absolute atomic E-state index is 0.478. The van der Waals surface area contributed by atoms with Gasteiger partial charge in [0, 0.05) is 5.56 Å². The maximum Gasteiger partial charge on any atom is 0.142 e. The fourth-order valence-corrected chi connectivity index (χ4v) is 2.65. The Balaban J connectivity index is 2.19. The molecule has 5 heteroatoms. The summed E-state index contributed by atoms with van der Waals surface area (Å²) in [5, 5.41) is 15.7. The number of rotatable bonds is 3. The number of benzene rings is 2. The molecule has 0 unspecified atom stereocenters. The Morgan fingerprint density at radius 3 is 2.24 bits per heavy atom. The number of nitrogen functional groups attached to an aromatic ring is 1. The van der Waals surface area contributed by atoms with Crippen molar-refractivity contribution in [3.05, 3.63) is 60.7 Å². The summed E-state index contributed by atoms with van der Waals surface area (Å²) in [6.45, 7) is 0. The van der Waals surface area contributed by atoms with E-state index in [9.17, 15) is 0 Å². The van der Waals surface area contributed by atoms with E-state index in [2.05, 4.69) is 10.5 Å². The first-order chi connectivity index (χ1) is 10.3. The number of nitrogens with zero attached hydrogens (tertiary/aromatic N) is 3. The molecule has 4 nitrogen and oxygen atoms in total. The van der Waals surface area contributed by atoms with Crippen LogP contribution in [0.25, 0.3) is 16.9 Å². The zero-order valence-corrected chi connectivity index (χ0v) is 11.9. The SMILES string of the molecule is N#CSc1c(-c2ccccc2)nn(-c2ccccc2)c1N. The van der Waals surface area contributed by atoms with Gasteiger partial charge >= 0.3 is 0 Å². The Morgan fingerprint density at radius 1 is 1.00 bits per heavy atom. The van der Waals surface area contributed by atoms with Crippen molar-refractivity contribution in [1.82, 2.24) is 9.78 Å².